The predicted octanol–water partition coefficient (Wildman–Crippen LogP) is 4.02. The van der Waals surface area contributed by atoms with Crippen LogP contribution in [0, 0.1) is 20.8 Å². The van der Waals surface area contributed by atoms with Crippen molar-refractivity contribution in [3.05, 3.63) is 95.3 Å². The van der Waals surface area contributed by atoms with Gasteiger partial charge in [-0.1, -0.05) is 48.6 Å². The number of hydrogen-bond donors (Lipinski definition) is 1. The summed E-state index contributed by atoms with van der Waals surface area (Å²) in [5, 5.41) is 16.6. The number of para-hydroxylation sites is 1. The van der Waals surface area contributed by atoms with Crippen molar-refractivity contribution in [2.75, 3.05) is 5.32 Å². The summed E-state index contributed by atoms with van der Waals surface area (Å²) >= 11 is 5.63. The van der Waals surface area contributed by atoms with Gasteiger partial charge >= 0.3 is 0 Å². The lowest BCUT2D eigenvalue weighted by atomic mass is 10.0. The lowest BCUT2D eigenvalue weighted by molar-refractivity contribution is -0.578. The summed E-state index contributed by atoms with van der Waals surface area (Å²) in [7, 11) is 0. The van der Waals surface area contributed by atoms with Gasteiger partial charge in [0.05, 0.1) is 0 Å². The Morgan fingerprint density at radius 1 is 0.926 bits per heavy atom. The van der Waals surface area contributed by atoms with Crippen molar-refractivity contribution >= 4 is 34.3 Å². The summed E-state index contributed by atoms with van der Waals surface area (Å²) in [6, 6.07) is 19.3. The molecule has 0 amide bonds. The monoisotopic (exact) mass is 374 g/mol. The summed E-state index contributed by atoms with van der Waals surface area (Å²) in [4.78, 5) is 0.389. The molecule has 0 bridgehead atoms. The molecule has 3 rings (SSSR count). The Morgan fingerprint density at radius 3 is 2.33 bits per heavy atom. The van der Waals surface area contributed by atoms with E-state index >= 15 is 0 Å². The van der Waals surface area contributed by atoms with Crippen molar-refractivity contribution in [2.24, 2.45) is 0 Å². The number of hydrogen-bond acceptors (Lipinski definition) is 2. The molecule has 0 fully saturated rings. The average Bonchev–Trinajstić information content (AvgIpc) is 2.65. The highest BCUT2D eigenvalue weighted by molar-refractivity contribution is 7.81. The van der Waals surface area contributed by atoms with Gasteiger partial charge in [-0.3, -0.25) is 0 Å². The molecule has 0 atom stereocenters. The van der Waals surface area contributed by atoms with Gasteiger partial charge in [-0.2, -0.15) is 4.57 Å². The van der Waals surface area contributed by atoms with E-state index in [1.54, 1.807) is 4.57 Å². The second-order valence-corrected chi connectivity index (χ2v) is 6.99. The maximum atomic E-state index is 13.4. The molecule has 1 heterocycles. The second kappa shape index (κ2) is 8.14. The van der Waals surface area contributed by atoms with E-state index < -0.39 is 0 Å². The van der Waals surface area contributed by atoms with E-state index in [0.29, 0.717) is 16.2 Å². The molecule has 136 valence electrons. The lowest BCUT2D eigenvalue weighted by Gasteiger charge is -2.18. The van der Waals surface area contributed by atoms with Gasteiger partial charge in [-0.15, -0.1) is 0 Å². The van der Waals surface area contributed by atoms with Gasteiger partial charge in [0.1, 0.15) is 0 Å². The minimum atomic E-state index is -0.109. The van der Waals surface area contributed by atoms with Crippen LogP contribution in [-0.2, 0) is 0 Å². The topological polar surface area (TPSA) is 39.0 Å². The van der Waals surface area contributed by atoms with E-state index in [-0.39, 0.29) is 5.76 Å². The first-order chi connectivity index (χ1) is 13.0. The van der Waals surface area contributed by atoms with Crippen LogP contribution in [0.4, 0.5) is 5.69 Å². The molecule has 0 saturated heterocycles. The number of thiocarbonyl (C=S) groups is 1. The maximum Gasteiger partial charge on any atom is 0.238 e. The van der Waals surface area contributed by atoms with Crippen molar-refractivity contribution in [2.45, 2.75) is 20.8 Å². The Hall–Kier alpha value is -2.98. The third kappa shape index (κ3) is 4.41. The molecule has 0 aliphatic heterocycles. The molecular weight excluding hydrogens is 352 g/mol. The summed E-state index contributed by atoms with van der Waals surface area (Å²) in [6.45, 7) is 6.03. The molecule has 2 aromatic carbocycles. The number of nitrogens with one attached hydrogen (secondary N) is 1. The molecule has 0 saturated carbocycles. The zero-order chi connectivity index (χ0) is 19.4. The van der Waals surface area contributed by atoms with Crippen molar-refractivity contribution in [3.63, 3.8) is 0 Å². The molecule has 0 spiro atoms. The number of benzene rings is 2. The zero-order valence-corrected chi connectivity index (χ0v) is 16.5. The van der Waals surface area contributed by atoms with Gasteiger partial charge in [0.15, 0.2) is 17.4 Å². The van der Waals surface area contributed by atoms with Crippen LogP contribution in [-0.4, -0.2) is 4.99 Å². The highest BCUT2D eigenvalue weighted by Gasteiger charge is 2.19. The Balaban J connectivity index is 2.11. The maximum absolute atomic E-state index is 13.4. The van der Waals surface area contributed by atoms with E-state index in [2.05, 4.69) is 5.32 Å². The summed E-state index contributed by atoms with van der Waals surface area (Å²) in [6.07, 6.45) is 3.76. The van der Waals surface area contributed by atoms with Crippen LogP contribution in [0.2, 0.25) is 0 Å². The van der Waals surface area contributed by atoms with Crippen molar-refractivity contribution in [1.29, 1.82) is 0 Å². The SMILES string of the molecule is Cc1ccc[n+](C(C(=S)Nc2ccccc2)=C([O-])c2ccc(C)c(C)c2)c1. The minimum Gasteiger partial charge on any atom is -0.867 e. The molecule has 27 heavy (non-hydrogen) atoms. The standard InChI is InChI=1S/C23H22N2OS/c1-16-8-7-13-25(15-16)21(23(27)24-20-9-5-4-6-10-20)22(26)19-12-11-17(2)18(3)14-19/h4-15H,1-3H3,(H-,24,26,27). The van der Waals surface area contributed by atoms with Crippen LogP contribution in [0.15, 0.2) is 73.1 Å². The normalized spacial score (nSPS) is 11.7. The number of anilines is 1. The molecule has 1 aromatic heterocycles. The van der Waals surface area contributed by atoms with Crippen molar-refractivity contribution in [1.82, 2.24) is 0 Å². The first-order valence-electron chi connectivity index (χ1n) is 8.79. The average molecular weight is 375 g/mol. The summed E-state index contributed by atoms with van der Waals surface area (Å²) < 4.78 is 1.80. The van der Waals surface area contributed by atoms with Gasteiger partial charge in [0, 0.05) is 17.3 Å². The Morgan fingerprint density at radius 2 is 1.67 bits per heavy atom. The largest absolute Gasteiger partial charge is 0.867 e. The van der Waals surface area contributed by atoms with Crippen LogP contribution in [0.1, 0.15) is 22.3 Å². The third-order valence-electron chi connectivity index (χ3n) is 4.44. The Labute approximate surface area is 165 Å². The molecule has 0 unspecified atom stereocenters. The molecule has 0 aliphatic carbocycles. The van der Waals surface area contributed by atoms with Crippen LogP contribution in [0.5, 0.6) is 0 Å². The second-order valence-electron chi connectivity index (χ2n) is 6.59. The van der Waals surface area contributed by atoms with E-state index in [1.807, 2.05) is 93.8 Å². The predicted molar refractivity (Wildman–Crippen MR) is 113 cm³/mol. The molecule has 4 heteroatoms. The fraction of sp³-hybridized carbons (Fsp3) is 0.130. The lowest BCUT2D eigenvalue weighted by Crippen LogP contribution is -2.40. The summed E-state index contributed by atoms with van der Waals surface area (Å²) in [5.41, 5.74) is 5.18. The highest BCUT2D eigenvalue weighted by atomic mass is 32.1. The number of nitrogens with zero attached hydrogens (tertiary/aromatic N) is 1. The fourth-order valence-corrected chi connectivity index (χ4v) is 3.12. The van der Waals surface area contributed by atoms with Crippen molar-refractivity contribution < 1.29 is 9.67 Å². The van der Waals surface area contributed by atoms with E-state index in [4.69, 9.17) is 12.2 Å². The third-order valence-corrected chi connectivity index (χ3v) is 4.73. The molecule has 3 aromatic rings. The van der Waals surface area contributed by atoms with Crippen molar-refractivity contribution in [3.8, 4) is 0 Å². The van der Waals surface area contributed by atoms with E-state index in [9.17, 15) is 5.11 Å². The zero-order valence-electron chi connectivity index (χ0n) is 15.7. The van der Waals surface area contributed by atoms with Gasteiger partial charge in [-0.25, -0.2) is 0 Å². The Kier molecular flexibility index (Phi) is 5.67. The van der Waals surface area contributed by atoms with Crippen LogP contribution in [0.25, 0.3) is 11.5 Å². The van der Waals surface area contributed by atoms with Gasteiger partial charge < -0.3 is 10.4 Å². The number of aryl methyl sites for hydroxylation is 3. The number of pyridine rings is 1. The number of aromatic nitrogens is 1. The molecular formula is C23H22N2OS. The van der Waals surface area contributed by atoms with E-state index in [1.165, 1.54) is 0 Å². The smallest absolute Gasteiger partial charge is 0.238 e. The first kappa shape index (κ1) is 18.8. The van der Waals surface area contributed by atoms with Gasteiger partial charge in [-0.05, 0) is 61.4 Å². The van der Waals surface area contributed by atoms with Crippen LogP contribution in [0.3, 0.4) is 0 Å². The highest BCUT2D eigenvalue weighted by Crippen LogP contribution is 2.19. The van der Waals surface area contributed by atoms with Crippen LogP contribution >= 0.6 is 12.2 Å². The minimum absolute atomic E-state index is 0.109. The molecule has 1 N–H and O–H groups in total. The Bertz CT molecular complexity index is 1010. The molecule has 0 aliphatic rings. The molecule has 0 radical (unpaired) electrons. The first-order valence-corrected chi connectivity index (χ1v) is 9.20. The van der Waals surface area contributed by atoms with Crippen LogP contribution < -0.4 is 15.0 Å². The fourth-order valence-electron chi connectivity index (χ4n) is 2.80. The van der Waals surface area contributed by atoms with Gasteiger partial charge in [0.25, 0.3) is 0 Å². The molecule has 3 nitrogen and oxygen atoms in total. The van der Waals surface area contributed by atoms with Gasteiger partial charge in [0.2, 0.25) is 5.70 Å². The summed E-state index contributed by atoms with van der Waals surface area (Å²) in [5.74, 6) is -0.109. The van der Waals surface area contributed by atoms with E-state index in [0.717, 1.165) is 22.4 Å². The number of rotatable bonds is 4. The quantitative estimate of drug-likeness (QED) is 0.324.